The van der Waals surface area contributed by atoms with E-state index in [2.05, 4.69) is 17.0 Å². The molecule has 4 nitrogen and oxygen atoms in total. The number of ether oxygens (including phenoxy) is 1. The second kappa shape index (κ2) is 6.84. The summed E-state index contributed by atoms with van der Waals surface area (Å²) in [5, 5.41) is 8.95. The van der Waals surface area contributed by atoms with Gasteiger partial charge in [-0.1, -0.05) is 30.3 Å². The first kappa shape index (κ1) is 15.6. The van der Waals surface area contributed by atoms with Gasteiger partial charge >= 0.3 is 5.97 Å². The number of hydrogen-bond donors (Lipinski definition) is 1. The maximum absolute atomic E-state index is 10.9. The second-order valence-corrected chi connectivity index (χ2v) is 5.96. The molecule has 2 aromatic carbocycles. The molecule has 0 radical (unpaired) electrons. The summed E-state index contributed by atoms with van der Waals surface area (Å²) in [5.74, 6) is 0.573. The van der Waals surface area contributed by atoms with E-state index < -0.39 is 5.97 Å². The first-order valence-corrected chi connectivity index (χ1v) is 7.85. The van der Waals surface area contributed by atoms with Gasteiger partial charge in [0.05, 0.1) is 12.7 Å². The van der Waals surface area contributed by atoms with Crippen LogP contribution in [0.3, 0.4) is 0 Å². The molecule has 1 saturated heterocycles. The summed E-state index contributed by atoms with van der Waals surface area (Å²) in [6.07, 6.45) is 1.12. The van der Waals surface area contributed by atoms with Crippen molar-refractivity contribution in [3.05, 3.63) is 65.2 Å². The predicted molar refractivity (Wildman–Crippen MR) is 89.0 cm³/mol. The number of carboxylic acid groups (broad SMARTS) is 1. The predicted octanol–water partition coefficient (Wildman–Crippen LogP) is 3.38. The molecule has 1 aliphatic heterocycles. The third-order valence-electron chi connectivity index (χ3n) is 4.46. The summed E-state index contributed by atoms with van der Waals surface area (Å²) in [6, 6.07) is 15.4. The molecule has 1 fully saturated rings. The highest BCUT2D eigenvalue weighted by Crippen LogP contribution is 2.33. The zero-order valence-electron chi connectivity index (χ0n) is 13.2. The van der Waals surface area contributed by atoms with Crippen LogP contribution in [-0.2, 0) is 6.54 Å². The molecule has 4 heteroatoms. The minimum absolute atomic E-state index is 0.335. The van der Waals surface area contributed by atoms with E-state index in [0.717, 1.165) is 37.4 Å². The fourth-order valence-corrected chi connectivity index (χ4v) is 3.24. The maximum Gasteiger partial charge on any atom is 0.335 e. The standard InChI is InChI=1S/C19H21NO3/c1-23-18-5-3-2-4-17(18)16-10-11-20(13-16)12-14-6-8-15(9-7-14)19(21)22/h2-9,16H,10-13H2,1H3,(H,21,22). The minimum atomic E-state index is -0.881. The Bertz CT molecular complexity index is 681. The van der Waals surface area contributed by atoms with Crippen molar-refractivity contribution in [2.75, 3.05) is 20.2 Å². The van der Waals surface area contributed by atoms with Gasteiger partial charge in [-0.15, -0.1) is 0 Å². The molecule has 0 saturated carbocycles. The average Bonchev–Trinajstić information content (AvgIpc) is 3.03. The summed E-state index contributed by atoms with van der Waals surface area (Å²) in [4.78, 5) is 13.3. The molecular weight excluding hydrogens is 290 g/mol. The molecule has 3 rings (SSSR count). The van der Waals surface area contributed by atoms with E-state index in [-0.39, 0.29) is 0 Å². The van der Waals surface area contributed by atoms with E-state index in [1.807, 2.05) is 24.3 Å². The molecule has 0 aromatic heterocycles. The van der Waals surface area contributed by atoms with Crippen LogP contribution in [0.25, 0.3) is 0 Å². The van der Waals surface area contributed by atoms with Gasteiger partial charge in [-0.05, 0) is 42.3 Å². The number of carbonyl (C=O) groups is 1. The summed E-state index contributed by atoms with van der Waals surface area (Å²) in [7, 11) is 1.72. The van der Waals surface area contributed by atoms with Crippen molar-refractivity contribution in [3.63, 3.8) is 0 Å². The lowest BCUT2D eigenvalue weighted by Gasteiger charge is -2.17. The Morgan fingerprint density at radius 1 is 1.22 bits per heavy atom. The van der Waals surface area contributed by atoms with Crippen LogP contribution in [0.1, 0.15) is 33.8 Å². The van der Waals surface area contributed by atoms with Gasteiger partial charge in [0.25, 0.3) is 0 Å². The first-order chi connectivity index (χ1) is 11.2. The topological polar surface area (TPSA) is 49.8 Å². The maximum atomic E-state index is 10.9. The number of para-hydroxylation sites is 1. The monoisotopic (exact) mass is 311 g/mol. The Morgan fingerprint density at radius 3 is 2.65 bits per heavy atom. The molecule has 0 spiro atoms. The average molecular weight is 311 g/mol. The molecule has 23 heavy (non-hydrogen) atoms. The minimum Gasteiger partial charge on any atom is -0.496 e. The smallest absolute Gasteiger partial charge is 0.335 e. The van der Waals surface area contributed by atoms with Crippen LogP contribution in [0.15, 0.2) is 48.5 Å². The van der Waals surface area contributed by atoms with Crippen LogP contribution < -0.4 is 4.74 Å². The quantitative estimate of drug-likeness (QED) is 0.919. The molecule has 2 aromatic rings. The van der Waals surface area contributed by atoms with Crippen LogP contribution >= 0.6 is 0 Å². The van der Waals surface area contributed by atoms with Crippen molar-refractivity contribution in [1.29, 1.82) is 0 Å². The van der Waals surface area contributed by atoms with Crippen LogP contribution in [0, 0.1) is 0 Å². The summed E-state index contributed by atoms with van der Waals surface area (Å²) >= 11 is 0. The van der Waals surface area contributed by atoms with Crippen LogP contribution in [-0.4, -0.2) is 36.2 Å². The third kappa shape index (κ3) is 3.54. The molecule has 0 aliphatic carbocycles. The number of carboxylic acids is 1. The highest BCUT2D eigenvalue weighted by Gasteiger charge is 2.25. The number of likely N-dealkylation sites (tertiary alicyclic amines) is 1. The van der Waals surface area contributed by atoms with Crippen LogP contribution in [0.2, 0.25) is 0 Å². The number of hydrogen-bond acceptors (Lipinski definition) is 3. The van der Waals surface area contributed by atoms with Crippen molar-refractivity contribution in [2.24, 2.45) is 0 Å². The van der Waals surface area contributed by atoms with E-state index >= 15 is 0 Å². The number of methoxy groups -OCH3 is 1. The van der Waals surface area contributed by atoms with Gasteiger partial charge in [0.1, 0.15) is 5.75 Å². The lowest BCUT2D eigenvalue weighted by molar-refractivity contribution is 0.0697. The molecule has 1 atom stereocenters. The van der Waals surface area contributed by atoms with E-state index in [9.17, 15) is 4.79 Å². The third-order valence-corrected chi connectivity index (χ3v) is 4.46. The van der Waals surface area contributed by atoms with Gasteiger partial charge in [0.2, 0.25) is 0 Å². The zero-order chi connectivity index (χ0) is 16.2. The normalized spacial score (nSPS) is 18.0. The first-order valence-electron chi connectivity index (χ1n) is 7.85. The van der Waals surface area contributed by atoms with Crippen molar-refractivity contribution in [3.8, 4) is 5.75 Å². The largest absolute Gasteiger partial charge is 0.496 e. The highest BCUT2D eigenvalue weighted by atomic mass is 16.5. The summed E-state index contributed by atoms with van der Waals surface area (Å²) in [5.41, 5.74) is 2.76. The molecule has 120 valence electrons. The van der Waals surface area contributed by atoms with Gasteiger partial charge in [0.15, 0.2) is 0 Å². The van der Waals surface area contributed by atoms with E-state index in [1.54, 1.807) is 19.2 Å². The number of nitrogens with zero attached hydrogens (tertiary/aromatic N) is 1. The molecule has 0 amide bonds. The Morgan fingerprint density at radius 2 is 1.96 bits per heavy atom. The molecule has 1 N–H and O–H groups in total. The molecule has 0 bridgehead atoms. The van der Waals surface area contributed by atoms with E-state index in [4.69, 9.17) is 9.84 Å². The number of benzene rings is 2. The number of rotatable bonds is 5. The molecule has 1 aliphatic rings. The Balaban J connectivity index is 1.64. The lowest BCUT2D eigenvalue weighted by Crippen LogP contribution is -2.19. The van der Waals surface area contributed by atoms with Crippen molar-refractivity contribution >= 4 is 5.97 Å². The van der Waals surface area contributed by atoms with E-state index in [0.29, 0.717) is 11.5 Å². The SMILES string of the molecule is COc1ccccc1C1CCN(Cc2ccc(C(=O)O)cc2)C1. The second-order valence-electron chi connectivity index (χ2n) is 5.96. The van der Waals surface area contributed by atoms with Gasteiger partial charge in [0, 0.05) is 19.0 Å². The number of aromatic carboxylic acids is 1. The fourth-order valence-electron chi connectivity index (χ4n) is 3.24. The Labute approximate surface area is 136 Å². The van der Waals surface area contributed by atoms with Gasteiger partial charge < -0.3 is 9.84 Å². The molecular formula is C19H21NO3. The van der Waals surface area contributed by atoms with Crippen LogP contribution in [0.5, 0.6) is 5.75 Å². The van der Waals surface area contributed by atoms with Crippen LogP contribution in [0.4, 0.5) is 0 Å². The molecule has 1 heterocycles. The van der Waals surface area contributed by atoms with Crippen molar-refractivity contribution < 1.29 is 14.6 Å². The lowest BCUT2D eigenvalue weighted by atomic mass is 9.97. The zero-order valence-corrected chi connectivity index (χ0v) is 13.2. The van der Waals surface area contributed by atoms with Crippen molar-refractivity contribution in [1.82, 2.24) is 4.90 Å². The van der Waals surface area contributed by atoms with Crippen molar-refractivity contribution in [2.45, 2.75) is 18.9 Å². The van der Waals surface area contributed by atoms with Gasteiger partial charge in [-0.2, -0.15) is 0 Å². The van der Waals surface area contributed by atoms with E-state index in [1.165, 1.54) is 5.56 Å². The molecule has 1 unspecified atom stereocenters. The van der Waals surface area contributed by atoms with Gasteiger partial charge in [-0.3, -0.25) is 4.90 Å². The summed E-state index contributed by atoms with van der Waals surface area (Å²) < 4.78 is 5.47. The fraction of sp³-hybridized carbons (Fsp3) is 0.316. The highest BCUT2D eigenvalue weighted by molar-refractivity contribution is 5.87. The summed E-state index contributed by atoms with van der Waals surface area (Å²) in [6.45, 7) is 2.90. The Hall–Kier alpha value is -2.33. The van der Waals surface area contributed by atoms with Gasteiger partial charge in [-0.25, -0.2) is 4.79 Å². The Kier molecular flexibility index (Phi) is 4.63.